The maximum absolute atomic E-state index is 12.1. The number of aliphatic carboxylic acids is 1. The summed E-state index contributed by atoms with van der Waals surface area (Å²) in [5.41, 5.74) is 0. The number of nitrogens with one attached hydrogen (secondary N) is 1. The van der Waals surface area contributed by atoms with E-state index >= 15 is 0 Å². The molecule has 2 N–H and O–H groups in total. The smallest absolute Gasteiger partial charge is 0.317 e. The van der Waals surface area contributed by atoms with Gasteiger partial charge in [0.2, 0.25) is 0 Å². The molecule has 6 heteroatoms. The number of ether oxygens (including phenoxy) is 1. The number of carbonyl (C=O) groups excluding carboxylic acids is 1. The van der Waals surface area contributed by atoms with Gasteiger partial charge in [-0.25, -0.2) is 4.79 Å². The van der Waals surface area contributed by atoms with Crippen LogP contribution in [-0.2, 0) is 9.53 Å². The van der Waals surface area contributed by atoms with E-state index in [9.17, 15) is 9.59 Å². The van der Waals surface area contributed by atoms with E-state index in [1.54, 1.807) is 0 Å². The molecular formula is C13H24N2O4. The van der Waals surface area contributed by atoms with Crippen LogP contribution in [0.5, 0.6) is 0 Å². The van der Waals surface area contributed by atoms with Crippen molar-refractivity contribution in [2.45, 2.75) is 51.2 Å². The van der Waals surface area contributed by atoms with Crippen molar-refractivity contribution in [3.63, 3.8) is 0 Å². The summed E-state index contributed by atoms with van der Waals surface area (Å²) in [7, 11) is 1.45. The molecule has 1 saturated heterocycles. The molecule has 0 radical (unpaired) electrons. The van der Waals surface area contributed by atoms with Crippen molar-refractivity contribution in [1.82, 2.24) is 10.2 Å². The molecule has 19 heavy (non-hydrogen) atoms. The summed E-state index contributed by atoms with van der Waals surface area (Å²) in [5, 5.41) is 11.5. The van der Waals surface area contributed by atoms with Gasteiger partial charge in [0.25, 0.3) is 0 Å². The van der Waals surface area contributed by atoms with Crippen LogP contribution in [0.4, 0.5) is 4.79 Å². The third-order valence-corrected chi connectivity index (χ3v) is 3.53. The van der Waals surface area contributed by atoms with Gasteiger partial charge in [-0.15, -0.1) is 0 Å². The summed E-state index contributed by atoms with van der Waals surface area (Å²) < 4.78 is 5.04. The van der Waals surface area contributed by atoms with Crippen molar-refractivity contribution in [2.24, 2.45) is 0 Å². The van der Waals surface area contributed by atoms with Crippen molar-refractivity contribution in [3.05, 3.63) is 0 Å². The normalized spacial score (nSPS) is 21.6. The van der Waals surface area contributed by atoms with Gasteiger partial charge in [-0.1, -0.05) is 12.8 Å². The average molecular weight is 272 g/mol. The second-order valence-corrected chi connectivity index (χ2v) is 5.03. The summed E-state index contributed by atoms with van der Waals surface area (Å²) in [6.07, 6.45) is 3.78. The zero-order valence-corrected chi connectivity index (χ0v) is 11.7. The van der Waals surface area contributed by atoms with Crippen molar-refractivity contribution in [2.75, 3.05) is 20.2 Å². The molecule has 1 rings (SSSR count). The summed E-state index contributed by atoms with van der Waals surface area (Å²) in [6, 6.07) is 0.116. The van der Waals surface area contributed by atoms with Crippen LogP contribution in [0.25, 0.3) is 0 Å². The summed E-state index contributed by atoms with van der Waals surface area (Å²) in [4.78, 5) is 24.5. The summed E-state index contributed by atoms with van der Waals surface area (Å²) in [6.45, 7) is 3.05. The molecule has 2 amide bonds. The first-order chi connectivity index (χ1) is 9.04. The first-order valence-corrected chi connectivity index (χ1v) is 6.83. The van der Waals surface area contributed by atoms with Gasteiger partial charge in [-0.2, -0.15) is 0 Å². The molecule has 1 fully saturated rings. The number of carbonyl (C=O) groups is 2. The molecule has 6 nitrogen and oxygen atoms in total. The number of methoxy groups -OCH3 is 1. The molecule has 0 aromatic carbocycles. The van der Waals surface area contributed by atoms with Crippen molar-refractivity contribution >= 4 is 12.0 Å². The maximum Gasteiger partial charge on any atom is 0.317 e. The van der Waals surface area contributed by atoms with Crippen LogP contribution < -0.4 is 5.32 Å². The largest absolute Gasteiger partial charge is 0.481 e. The minimum absolute atomic E-state index is 0.105. The molecule has 2 unspecified atom stereocenters. The molecule has 0 aromatic heterocycles. The van der Waals surface area contributed by atoms with Crippen LogP contribution in [0.2, 0.25) is 0 Å². The number of urea groups is 1. The minimum atomic E-state index is -0.927. The Labute approximate surface area is 114 Å². The highest BCUT2D eigenvalue weighted by Crippen LogP contribution is 2.16. The lowest BCUT2D eigenvalue weighted by atomic mass is 10.1. The van der Waals surface area contributed by atoms with Crippen molar-refractivity contribution < 1.29 is 19.4 Å². The Balaban J connectivity index is 2.42. The van der Waals surface area contributed by atoms with E-state index < -0.39 is 12.1 Å². The second kappa shape index (κ2) is 7.99. The Hall–Kier alpha value is -1.30. The SMILES string of the molecule is COC(CNC(=O)N1CCCCCC1C)CC(=O)O. The minimum Gasteiger partial charge on any atom is -0.481 e. The highest BCUT2D eigenvalue weighted by atomic mass is 16.5. The van der Waals surface area contributed by atoms with Crippen LogP contribution in [0.1, 0.15) is 39.0 Å². The standard InChI is InChI=1S/C13H24N2O4/c1-10-6-4-3-5-7-15(10)13(18)14-9-11(19-2)8-12(16)17/h10-11H,3-9H2,1-2H3,(H,14,18)(H,16,17). The summed E-state index contributed by atoms with van der Waals surface area (Å²) >= 11 is 0. The third kappa shape index (κ3) is 5.46. The average Bonchev–Trinajstić information content (AvgIpc) is 2.58. The van der Waals surface area contributed by atoms with E-state index in [0.717, 1.165) is 32.2 Å². The highest BCUT2D eigenvalue weighted by molar-refractivity contribution is 5.74. The fourth-order valence-electron chi connectivity index (χ4n) is 2.31. The molecule has 1 heterocycles. The quantitative estimate of drug-likeness (QED) is 0.794. The van der Waals surface area contributed by atoms with Crippen molar-refractivity contribution in [3.8, 4) is 0 Å². The third-order valence-electron chi connectivity index (χ3n) is 3.53. The van der Waals surface area contributed by atoms with E-state index in [-0.39, 0.29) is 25.0 Å². The Morgan fingerprint density at radius 1 is 1.42 bits per heavy atom. The maximum atomic E-state index is 12.1. The van der Waals surface area contributed by atoms with Gasteiger partial charge in [-0.05, 0) is 19.8 Å². The Morgan fingerprint density at radius 3 is 2.79 bits per heavy atom. The van der Waals surface area contributed by atoms with Crippen LogP contribution in [-0.4, -0.2) is 54.4 Å². The number of hydrogen-bond donors (Lipinski definition) is 2. The lowest BCUT2D eigenvalue weighted by Crippen LogP contribution is -2.47. The van der Waals surface area contributed by atoms with Crippen molar-refractivity contribution in [1.29, 1.82) is 0 Å². The van der Waals surface area contributed by atoms with Gasteiger partial charge in [-0.3, -0.25) is 4.79 Å². The van der Waals surface area contributed by atoms with Gasteiger partial charge in [0.05, 0.1) is 12.5 Å². The molecule has 1 aliphatic heterocycles. The number of amides is 2. The molecule has 110 valence electrons. The molecule has 0 saturated carbocycles. The van der Waals surface area contributed by atoms with Crippen LogP contribution in [0.3, 0.4) is 0 Å². The number of likely N-dealkylation sites (tertiary alicyclic amines) is 1. The molecule has 1 aliphatic rings. The first-order valence-electron chi connectivity index (χ1n) is 6.83. The lowest BCUT2D eigenvalue weighted by Gasteiger charge is -2.28. The van der Waals surface area contributed by atoms with E-state index in [2.05, 4.69) is 12.2 Å². The number of carboxylic acids is 1. The van der Waals surface area contributed by atoms with E-state index in [4.69, 9.17) is 9.84 Å². The molecule has 2 atom stereocenters. The van der Waals surface area contributed by atoms with E-state index in [1.165, 1.54) is 7.11 Å². The predicted octanol–water partition coefficient (Wildman–Crippen LogP) is 1.45. The number of hydrogen-bond acceptors (Lipinski definition) is 3. The lowest BCUT2D eigenvalue weighted by molar-refractivity contribution is -0.139. The van der Waals surface area contributed by atoms with Crippen LogP contribution in [0.15, 0.2) is 0 Å². The Morgan fingerprint density at radius 2 is 2.16 bits per heavy atom. The summed E-state index contributed by atoms with van der Waals surface area (Å²) in [5.74, 6) is -0.927. The molecule has 0 aromatic rings. The fourth-order valence-corrected chi connectivity index (χ4v) is 2.31. The molecule has 0 spiro atoms. The first kappa shape index (κ1) is 15.8. The fraction of sp³-hybridized carbons (Fsp3) is 0.846. The predicted molar refractivity (Wildman–Crippen MR) is 71.1 cm³/mol. The second-order valence-electron chi connectivity index (χ2n) is 5.03. The molecule has 0 aliphatic carbocycles. The van der Waals surface area contributed by atoms with Gasteiger partial charge >= 0.3 is 12.0 Å². The number of carboxylic acid groups (broad SMARTS) is 1. The van der Waals surface area contributed by atoms with E-state index in [1.807, 2.05) is 4.90 Å². The Bertz CT molecular complexity index is 309. The molecular weight excluding hydrogens is 248 g/mol. The van der Waals surface area contributed by atoms with Gasteiger partial charge in [0.15, 0.2) is 0 Å². The van der Waals surface area contributed by atoms with E-state index in [0.29, 0.717) is 0 Å². The number of rotatable bonds is 5. The van der Waals surface area contributed by atoms with Gasteiger partial charge in [0.1, 0.15) is 0 Å². The van der Waals surface area contributed by atoms with Gasteiger partial charge < -0.3 is 20.1 Å². The zero-order chi connectivity index (χ0) is 14.3. The van der Waals surface area contributed by atoms with Crippen LogP contribution in [0, 0.1) is 0 Å². The Kier molecular flexibility index (Phi) is 6.62. The zero-order valence-electron chi connectivity index (χ0n) is 11.7. The topological polar surface area (TPSA) is 78.9 Å². The monoisotopic (exact) mass is 272 g/mol. The number of nitrogens with zero attached hydrogens (tertiary/aromatic N) is 1. The molecule has 0 bridgehead atoms. The van der Waals surface area contributed by atoms with Crippen LogP contribution >= 0.6 is 0 Å². The van der Waals surface area contributed by atoms with Gasteiger partial charge in [0, 0.05) is 26.2 Å². The highest BCUT2D eigenvalue weighted by Gasteiger charge is 2.22.